The minimum absolute atomic E-state index is 0.203. The number of hydrogen-bond acceptors (Lipinski definition) is 3. The predicted octanol–water partition coefficient (Wildman–Crippen LogP) is 1.37. The number of ether oxygens (including phenoxy) is 2. The molecule has 1 saturated heterocycles. The van der Waals surface area contributed by atoms with Crippen LogP contribution in [0.4, 0.5) is 0 Å². The van der Waals surface area contributed by atoms with Crippen molar-refractivity contribution in [2.24, 2.45) is 4.99 Å². The van der Waals surface area contributed by atoms with Crippen LogP contribution in [-0.2, 0) is 9.47 Å². The molecule has 1 atom stereocenters. The third kappa shape index (κ3) is 1.22. The van der Waals surface area contributed by atoms with Crippen LogP contribution in [-0.4, -0.2) is 29.7 Å². The predicted molar refractivity (Wildman–Crippen MR) is 46.4 cm³/mol. The normalized spacial score (nSPS) is 43.0. The molecule has 0 saturated carbocycles. The first-order valence-electron chi connectivity index (χ1n) is 4.70. The van der Waals surface area contributed by atoms with E-state index in [1.165, 1.54) is 0 Å². The number of rotatable bonds is 1. The summed E-state index contributed by atoms with van der Waals surface area (Å²) in [6.45, 7) is 8.26. The zero-order chi connectivity index (χ0) is 9.91. The molecule has 0 unspecified atom stereocenters. The Morgan fingerprint density at radius 3 is 2.42 bits per heavy atom. The monoisotopic (exact) mass is 170 g/mol. The van der Waals surface area contributed by atoms with Gasteiger partial charge in [-0.1, -0.05) is 0 Å². The summed E-state index contributed by atoms with van der Waals surface area (Å²) in [7, 11) is 0. The van der Waals surface area contributed by atoms with E-state index in [1.54, 1.807) is 0 Å². The Kier molecular flexibility index (Phi) is 1.16. The summed E-state index contributed by atoms with van der Waals surface area (Å²) >= 11 is 0. The maximum atomic E-state index is 7.94. The van der Waals surface area contributed by atoms with Crippen molar-refractivity contribution in [2.75, 3.05) is 6.61 Å². The Balaban J connectivity index is 2.22. The van der Waals surface area contributed by atoms with Gasteiger partial charge in [-0.2, -0.15) is 0 Å². The second-order valence-electron chi connectivity index (χ2n) is 4.46. The molecular formula is C9H15NO2. The van der Waals surface area contributed by atoms with E-state index in [-0.39, 0.29) is 5.54 Å². The van der Waals surface area contributed by atoms with E-state index in [9.17, 15) is 0 Å². The molecule has 1 fully saturated rings. The number of aliphatic imine (C=N–C) groups is 1. The average molecular weight is 170 g/mol. The summed E-state index contributed by atoms with van der Waals surface area (Å²) in [4.78, 5) is 4.33. The van der Waals surface area contributed by atoms with E-state index in [0.717, 1.165) is 0 Å². The first-order valence-corrected chi connectivity index (χ1v) is 4.20. The molecule has 0 aromatic rings. The lowest BCUT2D eigenvalue weighted by molar-refractivity contribution is 0.265. The van der Waals surface area contributed by atoms with Crippen LogP contribution in [0.5, 0.6) is 0 Å². The number of epoxide rings is 1. The minimum Gasteiger partial charge on any atom is -0.476 e. The van der Waals surface area contributed by atoms with Crippen molar-refractivity contribution >= 4 is 5.90 Å². The van der Waals surface area contributed by atoms with Gasteiger partial charge < -0.3 is 9.47 Å². The van der Waals surface area contributed by atoms with E-state index in [0.29, 0.717) is 12.5 Å². The largest absolute Gasteiger partial charge is 0.476 e. The lowest BCUT2D eigenvalue weighted by atomic mass is 10.1. The summed E-state index contributed by atoms with van der Waals surface area (Å²) in [5.74, 6) is 0.433. The topological polar surface area (TPSA) is 34.1 Å². The summed E-state index contributed by atoms with van der Waals surface area (Å²) in [6, 6.07) is 0. The van der Waals surface area contributed by atoms with Gasteiger partial charge in [-0.3, -0.25) is 0 Å². The van der Waals surface area contributed by atoms with Gasteiger partial charge in [0.05, 0.1) is 12.5 Å². The standard InChI is InChI=1S/C9H15NO2/c1-8(2)5-11-7(10-8)6-9(3,4)12-6/h6H,5H2,1-4H3/t6-/m0/s1/i6D. The fourth-order valence-electron chi connectivity index (χ4n) is 1.23. The van der Waals surface area contributed by atoms with Crippen molar-refractivity contribution in [1.29, 1.82) is 0 Å². The van der Waals surface area contributed by atoms with E-state index in [4.69, 9.17) is 10.8 Å². The molecule has 0 N–H and O–H groups in total. The second-order valence-corrected chi connectivity index (χ2v) is 4.46. The summed E-state index contributed by atoms with van der Waals surface area (Å²) in [5.41, 5.74) is -0.655. The maximum absolute atomic E-state index is 7.94. The third-order valence-electron chi connectivity index (χ3n) is 2.02. The highest BCUT2D eigenvalue weighted by atomic mass is 16.6. The highest BCUT2D eigenvalue weighted by Crippen LogP contribution is 2.38. The van der Waals surface area contributed by atoms with Gasteiger partial charge >= 0.3 is 0 Å². The van der Waals surface area contributed by atoms with Gasteiger partial charge in [0.2, 0.25) is 5.90 Å². The molecular weight excluding hydrogens is 154 g/mol. The first-order chi connectivity index (χ1) is 5.77. The van der Waals surface area contributed by atoms with Gasteiger partial charge in [0, 0.05) is 0 Å². The van der Waals surface area contributed by atoms with Crippen LogP contribution in [0.2, 0.25) is 0 Å². The van der Waals surface area contributed by atoms with E-state index in [2.05, 4.69) is 4.99 Å². The van der Waals surface area contributed by atoms with Gasteiger partial charge in [0.15, 0.2) is 6.08 Å². The molecule has 68 valence electrons. The fraction of sp³-hybridized carbons (Fsp3) is 0.889. The Morgan fingerprint density at radius 1 is 1.50 bits per heavy atom. The lowest BCUT2D eigenvalue weighted by Crippen LogP contribution is -2.17. The summed E-state index contributed by atoms with van der Waals surface area (Å²) in [6.07, 6.45) is -1.04. The molecule has 0 radical (unpaired) electrons. The summed E-state index contributed by atoms with van der Waals surface area (Å²) in [5, 5.41) is 0. The average Bonchev–Trinajstić information content (AvgIpc) is 2.36. The molecule has 0 amide bonds. The minimum atomic E-state index is -1.04. The molecule has 12 heavy (non-hydrogen) atoms. The maximum Gasteiger partial charge on any atom is 0.217 e. The molecule has 2 heterocycles. The van der Waals surface area contributed by atoms with Crippen LogP contribution < -0.4 is 0 Å². The summed E-state index contributed by atoms with van der Waals surface area (Å²) < 4.78 is 18.6. The molecule has 2 aliphatic rings. The Hall–Kier alpha value is -0.570. The van der Waals surface area contributed by atoms with Crippen LogP contribution >= 0.6 is 0 Å². The van der Waals surface area contributed by atoms with Crippen molar-refractivity contribution in [1.82, 2.24) is 0 Å². The van der Waals surface area contributed by atoms with Crippen LogP contribution in [0.15, 0.2) is 4.99 Å². The van der Waals surface area contributed by atoms with Crippen molar-refractivity contribution in [3.05, 3.63) is 0 Å². The van der Waals surface area contributed by atoms with E-state index < -0.39 is 11.7 Å². The molecule has 2 aliphatic heterocycles. The van der Waals surface area contributed by atoms with E-state index in [1.807, 2.05) is 27.7 Å². The van der Waals surface area contributed by atoms with Crippen LogP contribution in [0.25, 0.3) is 0 Å². The smallest absolute Gasteiger partial charge is 0.217 e. The SMILES string of the molecule is [2H][C@@]1(C2=NC(C)(C)CO2)OC1(C)C. The zero-order valence-corrected chi connectivity index (χ0v) is 7.97. The molecule has 2 rings (SSSR count). The van der Waals surface area contributed by atoms with Crippen molar-refractivity contribution < 1.29 is 10.8 Å². The van der Waals surface area contributed by atoms with Gasteiger partial charge in [-0.15, -0.1) is 0 Å². The molecule has 0 aliphatic carbocycles. The number of hydrogen-bond donors (Lipinski definition) is 0. The van der Waals surface area contributed by atoms with Crippen molar-refractivity contribution in [3.63, 3.8) is 0 Å². The van der Waals surface area contributed by atoms with Gasteiger partial charge in [-0.25, -0.2) is 4.99 Å². The van der Waals surface area contributed by atoms with Crippen LogP contribution in [0.1, 0.15) is 29.1 Å². The van der Waals surface area contributed by atoms with Crippen molar-refractivity contribution in [2.45, 2.75) is 44.9 Å². The zero-order valence-electron chi connectivity index (χ0n) is 8.97. The quantitative estimate of drug-likeness (QED) is 0.557. The molecule has 0 bridgehead atoms. The number of nitrogens with zero attached hydrogens (tertiary/aromatic N) is 1. The van der Waals surface area contributed by atoms with Gasteiger partial charge in [0.1, 0.15) is 6.61 Å². The molecule has 0 aromatic carbocycles. The van der Waals surface area contributed by atoms with Gasteiger partial charge in [-0.05, 0) is 27.7 Å². The van der Waals surface area contributed by atoms with Crippen molar-refractivity contribution in [3.8, 4) is 0 Å². The highest BCUT2D eigenvalue weighted by Gasteiger charge is 2.54. The molecule has 3 heteroatoms. The fourth-order valence-corrected chi connectivity index (χ4v) is 1.23. The van der Waals surface area contributed by atoms with Gasteiger partial charge in [0.25, 0.3) is 0 Å². The first kappa shape index (κ1) is 6.89. The molecule has 0 spiro atoms. The lowest BCUT2D eigenvalue weighted by Gasteiger charge is -2.07. The third-order valence-corrected chi connectivity index (χ3v) is 2.02. The van der Waals surface area contributed by atoms with E-state index >= 15 is 0 Å². The molecule has 3 nitrogen and oxygen atoms in total. The Labute approximate surface area is 74.2 Å². The molecule has 0 aromatic heterocycles. The van der Waals surface area contributed by atoms with Crippen LogP contribution in [0, 0.1) is 0 Å². The Morgan fingerprint density at radius 2 is 2.08 bits per heavy atom. The van der Waals surface area contributed by atoms with Crippen LogP contribution in [0.3, 0.4) is 0 Å². The Bertz CT molecular complexity index is 285. The second kappa shape index (κ2) is 2.02. The highest BCUT2D eigenvalue weighted by molar-refractivity contribution is 5.86.